The van der Waals surface area contributed by atoms with E-state index in [1.165, 1.54) is 36.7 Å². The molecule has 0 fully saturated rings. The van der Waals surface area contributed by atoms with Gasteiger partial charge in [-0.3, -0.25) is 0 Å². The molecule has 0 aliphatic rings. The van der Waals surface area contributed by atoms with Crippen LogP contribution in [0, 0.1) is 13.8 Å². The van der Waals surface area contributed by atoms with E-state index < -0.39 is 20.0 Å². The number of sulfonamides is 2. The molecule has 9 nitrogen and oxygen atoms in total. The Morgan fingerprint density at radius 2 is 1.29 bits per heavy atom. The summed E-state index contributed by atoms with van der Waals surface area (Å²) >= 11 is 6.65. The minimum absolute atomic E-state index is 0.0916. The summed E-state index contributed by atoms with van der Waals surface area (Å²) < 4.78 is 52.1. The zero-order valence-electron chi connectivity index (χ0n) is 20.9. The second kappa shape index (κ2) is 11.0. The average molecular weight is 572 g/mol. The Morgan fingerprint density at radius 1 is 0.789 bits per heavy atom. The maximum absolute atomic E-state index is 12.6. The zero-order chi connectivity index (χ0) is 27.5. The Kier molecular flexibility index (Phi) is 7.91. The van der Waals surface area contributed by atoms with Gasteiger partial charge in [-0.2, -0.15) is 27.0 Å². The van der Waals surface area contributed by atoms with Crippen LogP contribution in [-0.2, 0) is 26.6 Å². The maximum atomic E-state index is 12.6. The van der Waals surface area contributed by atoms with Gasteiger partial charge in [0.2, 0.25) is 0 Å². The van der Waals surface area contributed by atoms with Crippen LogP contribution in [0.1, 0.15) is 29.2 Å². The van der Waals surface area contributed by atoms with E-state index in [0.29, 0.717) is 33.7 Å². The first-order valence-corrected chi connectivity index (χ1v) is 14.9. The Hall–Kier alpha value is -3.67. The summed E-state index contributed by atoms with van der Waals surface area (Å²) in [4.78, 5) is 4.64. The summed E-state index contributed by atoms with van der Waals surface area (Å²) in [7, 11) is -7.69. The molecule has 0 bridgehead atoms. The number of aryl methyl sites for hydroxylation is 3. The number of hydrogen-bond donors (Lipinski definition) is 2. The number of aromatic nitrogens is 1. The second-order valence-electron chi connectivity index (χ2n) is 8.52. The fourth-order valence-corrected chi connectivity index (χ4v) is 5.76. The Balaban J connectivity index is 1.63. The summed E-state index contributed by atoms with van der Waals surface area (Å²) in [6.45, 7) is 6.14. The predicted molar refractivity (Wildman–Crippen MR) is 151 cm³/mol. The molecular weight excluding hydrogens is 546 g/mol. The molecule has 4 rings (SSSR count). The van der Waals surface area contributed by atoms with Gasteiger partial charge >= 0.3 is 0 Å². The average Bonchev–Trinajstić information content (AvgIpc) is 3.15. The third-order valence-electron chi connectivity index (χ3n) is 5.81. The van der Waals surface area contributed by atoms with Crippen molar-refractivity contribution in [2.45, 2.75) is 37.1 Å². The molecule has 0 saturated heterocycles. The molecule has 38 heavy (non-hydrogen) atoms. The van der Waals surface area contributed by atoms with Gasteiger partial charge in [0.25, 0.3) is 20.0 Å². The summed E-state index contributed by atoms with van der Waals surface area (Å²) in [5.41, 5.74) is 3.69. The lowest BCUT2D eigenvalue weighted by molar-refractivity contribution is 0.583. The van der Waals surface area contributed by atoms with Crippen molar-refractivity contribution in [2.24, 2.45) is 10.2 Å². The van der Waals surface area contributed by atoms with Crippen molar-refractivity contribution in [3.05, 3.63) is 94.1 Å². The first-order chi connectivity index (χ1) is 18.0. The SMILES string of the molecule is CCn1c(Cl)c(C=NNS(=O)(=O)c2ccc(C)cc2)c2cccc(C=NNS(=O)(=O)c3ccc(C)cc3)c21. The van der Waals surface area contributed by atoms with Gasteiger partial charge in [0.1, 0.15) is 5.15 Å². The molecule has 1 aromatic heterocycles. The fourth-order valence-electron chi connectivity index (χ4n) is 3.82. The number of halogens is 1. The largest absolute Gasteiger partial charge is 0.331 e. The molecule has 0 aliphatic heterocycles. The lowest BCUT2D eigenvalue weighted by atomic mass is 10.1. The molecule has 198 valence electrons. The Labute approximate surface area is 226 Å². The van der Waals surface area contributed by atoms with Crippen molar-refractivity contribution in [2.75, 3.05) is 0 Å². The fraction of sp³-hybridized carbons (Fsp3) is 0.154. The highest BCUT2D eigenvalue weighted by Gasteiger charge is 2.17. The molecule has 0 unspecified atom stereocenters. The molecule has 1 heterocycles. The summed E-state index contributed by atoms with van der Waals surface area (Å²) in [6, 6.07) is 18.2. The van der Waals surface area contributed by atoms with E-state index in [-0.39, 0.29) is 9.79 Å². The van der Waals surface area contributed by atoms with Gasteiger partial charge in [0.05, 0.1) is 27.7 Å². The van der Waals surface area contributed by atoms with Crippen LogP contribution in [0.4, 0.5) is 0 Å². The normalized spacial score (nSPS) is 12.5. The highest BCUT2D eigenvalue weighted by Crippen LogP contribution is 2.31. The molecule has 2 N–H and O–H groups in total. The van der Waals surface area contributed by atoms with Gasteiger partial charge in [-0.15, -0.1) is 0 Å². The van der Waals surface area contributed by atoms with Gasteiger partial charge in [-0.1, -0.05) is 65.2 Å². The number of hydrogen-bond acceptors (Lipinski definition) is 6. The molecule has 4 aromatic rings. The van der Waals surface area contributed by atoms with Crippen LogP contribution < -0.4 is 9.66 Å². The highest BCUT2D eigenvalue weighted by atomic mass is 35.5. The van der Waals surface area contributed by atoms with E-state index in [1.807, 2.05) is 31.4 Å². The lowest BCUT2D eigenvalue weighted by Gasteiger charge is -2.06. The first kappa shape index (κ1) is 27.4. The van der Waals surface area contributed by atoms with E-state index in [4.69, 9.17) is 11.6 Å². The van der Waals surface area contributed by atoms with Crippen LogP contribution in [0.2, 0.25) is 5.15 Å². The van der Waals surface area contributed by atoms with E-state index >= 15 is 0 Å². The minimum atomic E-state index is -3.86. The molecule has 0 atom stereocenters. The quantitative estimate of drug-likeness (QED) is 0.226. The van der Waals surface area contributed by atoms with Crippen molar-refractivity contribution >= 4 is 55.0 Å². The third kappa shape index (κ3) is 5.74. The molecular formula is C26H26ClN5O4S2. The van der Waals surface area contributed by atoms with Crippen molar-refractivity contribution in [1.29, 1.82) is 0 Å². The minimum Gasteiger partial charge on any atom is -0.331 e. The standard InChI is InChI=1S/C26H26ClN5O4S2/c1-4-32-25-20(16-28-30-37(33,34)21-12-8-18(2)9-13-21)6-5-7-23(25)24(26(32)27)17-29-31-38(35,36)22-14-10-19(3)11-15-22/h5-17,30-31H,4H2,1-3H3. The maximum Gasteiger partial charge on any atom is 0.276 e. The van der Waals surface area contributed by atoms with E-state index in [0.717, 1.165) is 11.1 Å². The summed E-state index contributed by atoms with van der Waals surface area (Å²) in [6.07, 6.45) is 2.75. The molecule has 0 spiro atoms. The molecule has 0 aliphatic carbocycles. The second-order valence-corrected chi connectivity index (χ2v) is 12.2. The van der Waals surface area contributed by atoms with Crippen LogP contribution in [0.3, 0.4) is 0 Å². The lowest BCUT2D eigenvalue weighted by Crippen LogP contribution is -2.18. The molecule has 12 heteroatoms. The van der Waals surface area contributed by atoms with Gasteiger partial charge in [-0.05, 0) is 45.0 Å². The first-order valence-electron chi connectivity index (χ1n) is 11.6. The Bertz CT molecular complexity index is 1740. The predicted octanol–water partition coefficient (Wildman–Crippen LogP) is 4.56. The van der Waals surface area contributed by atoms with Crippen molar-refractivity contribution in [3.63, 3.8) is 0 Å². The summed E-state index contributed by atoms with van der Waals surface area (Å²) in [5, 5.41) is 8.96. The number of nitrogens with zero attached hydrogens (tertiary/aromatic N) is 3. The topological polar surface area (TPSA) is 122 Å². The Morgan fingerprint density at radius 3 is 1.79 bits per heavy atom. The monoisotopic (exact) mass is 571 g/mol. The number of fused-ring (bicyclic) bond motifs is 1. The number of rotatable bonds is 9. The van der Waals surface area contributed by atoms with Crippen LogP contribution in [0.25, 0.3) is 10.9 Å². The van der Waals surface area contributed by atoms with Crippen molar-refractivity contribution in [1.82, 2.24) is 14.2 Å². The molecule has 0 amide bonds. The number of benzene rings is 3. The van der Waals surface area contributed by atoms with Gasteiger partial charge in [-0.25, -0.2) is 9.66 Å². The number of para-hydroxylation sites is 1. The van der Waals surface area contributed by atoms with Gasteiger partial charge in [0.15, 0.2) is 0 Å². The van der Waals surface area contributed by atoms with E-state index in [2.05, 4.69) is 19.9 Å². The smallest absolute Gasteiger partial charge is 0.276 e. The van der Waals surface area contributed by atoms with E-state index in [9.17, 15) is 16.8 Å². The number of nitrogens with one attached hydrogen (secondary N) is 2. The van der Waals surface area contributed by atoms with Crippen LogP contribution in [0.5, 0.6) is 0 Å². The molecule has 0 radical (unpaired) electrons. The number of hydrazone groups is 2. The van der Waals surface area contributed by atoms with Crippen LogP contribution in [0.15, 0.2) is 86.7 Å². The summed E-state index contributed by atoms with van der Waals surface area (Å²) in [5.74, 6) is 0. The van der Waals surface area contributed by atoms with Gasteiger partial charge in [0, 0.05) is 23.1 Å². The van der Waals surface area contributed by atoms with Crippen LogP contribution >= 0.6 is 11.6 Å². The third-order valence-corrected chi connectivity index (χ3v) is 8.69. The van der Waals surface area contributed by atoms with Crippen molar-refractivity contribution in [3.8, 4) is 0 Å². The van der Waals surface area contributed by atoms with Gasteiger partial charge < -0.3 is 4.57 Å². The van der Waals surface area contributed by atoms with E-state index in [1.54, 1.807) is 36.4 Å². The molecule has 3 aromatic carbocycles. The van der Waals surface area contributed by atoms with Crippen molar-refractivity contribution < 1.29 is 16.8 Å². The zero-order valence-corrected chi connectivity index (χ0v) is 23.3. The van der Waals surface area contributed by atoms with Crippen LogP contribution in [-0.4, -0.2) is 33.8 Å². The molecule has 0 saturated carbocycles. The highest BCUT2D eigenvalue weighted by molar-refractivity contribution is 7.89.